The number of hydrazine groups is 1. The Bertz CT molecular complexity index is 608. The zero-order valence-electron chi connectivity index (χ0n) is 11.0. The minimum Gasteiger partial charge on any atom is -0.321 e. The number of benzene rings is 1. The lowest BCUT2D eigenvalue weighted by Gasteiger charge is -2.09. The number of aryl methyl sites for hydroxylation is 1. The van der Waals surface area contributed by atoms with Gasteiger partial charge in [-0.3, -0.25) is 4.79 Å². The third kappa shape index (κ3) is 3.26. The zero-order valence-corrected chi connectivity index (χ0v) is 11.7. The van der Waals surface area contributed by atoms with Gasteiger partial charge in [0, 0.05) is 11.3 Å². The first-order chi connectivity index (χ1) is 9.63. The number of anilines is 2. The number of hydrogen-bond donors (Lipinski definition) is 3. The monoisotopic (exact) mass is 290 g/mol. The lowest BCUT2D eigenvalue weighted by atomic mass is 10.1. The molecule has 2 rings (SSSR count). The van der Waals surface area contributed by atoms with Gasteiger partial charge in [0.05, 0.1) is 10.7 Å². The van der Waals surface area contributed by atoms with Crippen LogP contribution in [0.5, 0.6) is 0 Å². The smallest absolute Gasteiger partial charge is 0.255 e. The van der Waals surface area contributed by atoms with Gasteiger partial charge in [-0.1, -0.05) is 30.7 Å². The maximum absolute atomic E-state index is 12.2. The number of nitrogen functional groups attached to an aromatic ring is 1. The molecule has 5 nitrogen and oxygen atoms in total. The van der Waals surface area contributed by atoms with Crippen LogP contribution < -0.4 is 16.6 Å². The standard InChI is InChI=1S/C14H15ClN4O/c1-2-10-7-9(8-13(17-10)19-16)14(20)18-12-6-4-3-5-11(12)15/h3-8H,2,16H2,1H3,(H,17,19)(H,18,20). The van der Waals surface area contributed by atoms with Gasteiger partial charge >= 0.3 is 0 Å². The summed E-state index contributed by atoms with van der Waals surface area (Å²) in [5, 5.41) is 3.25. The molecule has 1 amide bonds. The maximum atomic E-state index is 12.2. The van der Waals surface area contributed by atoms with Crippen molar-refractivity contribution in [1.29, 1.82) is 0 Å². The Labute approximate surface area is 122 Å². The van der Waals surface area contributed by atoms with E-state index in [-0.39, 0.29) is 5.91 Å². The number of nitrogens with two attached hydrogens (primary N) is 1. The Morgan fingerprint density at radius 1 is 1.35 bits per heavy atom. The molecule has 0 fully saturated rings. The second-order valence-corrected chi connectivity index (χ2v) is 4.57. The van der Waals surface area contributed by atoms with Crippen LogP contribution in [0.25, 0.3) is 0 Å². The number of rotatable bonds is 4. The fourth-order valence-electron chi connectivity index (χ4n) is 1.73. The average Bonchev–Trinajstić information content (AvgIpc) is 2.48. The number of nitrogens with zero attached hydrogens (tertiary/aromatic N) is 1. The molecule has 1 aromatic heterocycles. The minimum atomic E-state index is -0.258. The molecule has 1 heterocycles. The quantitative estimate of drug-likeness (QED) is 0.597. The molecule has 1 aromatic carbocycles. The molecule has 2 aromatic rings. The number of carbonyl (C=O) groups excluding carboxylic acids is 1. The Balaban J connectivity index is 2.27. The second kappa shape index (κ2) is 6.36. The second-order valence-electron chi connectivity index (χ2n) is 4.16. The predicted octanol–water partition coefficient (Wildman–Crippen LogP) is 2.84. The van der Waals surface area contributed by atoms with E-state index in [1.54, 1.807) is 36.4 Å². The summed E-state index contributed by atoms with van der Waals surface area (Å²) in [5.41, 5.74) is 4.28. The molecular formula is C14H15ClN4O. The van der Waals surface area contributed by atoms with Gasteiger partial charge in [-0.05, 0) is 30.7 Å². The maximum Gasteiger partial charge on any atom is 0.255 e. The van der Waals surface area contributed by atoms with E-state index in [9.17, 15) is 4.79 Å². The molecule has 0 atom stereocenters. The number of pyridine rings is 1. The molecule has 0 aliphatic rings. The van der Waals surface area contributed by atoms with Crippen molar-refractivity contribution in [1.82, 2.24) is 4.98 Å². The van der Waals surface area contributed by atoms with Crippen LogP contribution in [0, 0.1) is 0 Å². The number of aromatic nitrogens is 1. The first-order valence-corrected chi connectivity index (χ1v) is 6.55. The van der Waals surface area contributed by atoms with Gasteiger partial charge in [0.15, 0.2) is 0 Å². The van der Waals surface area contributed by atoms with Crippen LogP contribution in [-0.4, -0.2) is 10.9 Å². The normalized spacial score (nSPS) is 10.2. The van der Waals surface area contributed by atoms with Crippen LogP contribution in [0.1, 0.15) is 23.0 Å². The predicted molar refractivity (Wildman–Crippen MR) is 80.8 cm³/mol. The summed E-state index contributed by atoms with van der Waals surface area (Å²) in [5.74, 6) is 5.55. The lowest BCUT2D eigenvalue weighted by molar-refractivity contribution is 0.102. The van der Waals surface area contributed by atoms with Crippen LogP contribution in [0.15, 0.2) is 36.4 Å². The van der Waals surface area contributed by atoms with E-state index in [0.717, 1.165) is 5.69 Å². The zero-order chi connectivity index (χ0) is 14.5. The fourth-order valence-corrected chi connectivity index (χ4v) is 1.91. The van der Waals surface area contributed by atoms with Crippen LogP contribution in [0.3, 0.4) is 0 Å². The topological polar surface area (TPSA) is 80.0 Å². The van der Waals surface area contributed by atoms with E-state index in [2.05, 4.69) is 15.7 Å². The van der Waals surface area contributed by atoms with E-state index < -0.39 is 0 Å². The van der Waals surface area contributed by atoms with Crippen LogP contribution >= 0.6 is 11.6 Å². The van der Waals surface area contributed by atoms with Gasteiger partial charge in [0.1, 0.15) is 5.82 Å². The molecule has 0 unspecified atom stereocenters. The molecule has 4 N–H and O–H groups in total. The summed E-state index contributed by atoms with van der Waals surface area (Å²) >= 11 is 6.01. The van der Waals surface area contributed by atoms with Crippen molar-refractivity contribution in [3.8, 4) is 0 Å². The minimum absolute atomic E-state index is 0.258. The summed E-state index contributed by atoms with van der Waals surface area (Å²) in [4.78, 5) is 16.5. The first-order valence-electron chi connectivity index (χ1n) is 6.17. The van der Waals surface area contributed by atoms with Crippen molar-refractivity contribution < 1.29 is 4.79 Å². The van der Waals surface area contributed by atoms with Gasteiger partial charge in [0.25, 0.3) is 5.91 Å². The van der Waals surface area contributed by atoms with E-state index in [4.69, 9.17) is 17.4 Å². The molecule has 6 heteroatoms. The summed E-state index contributed by atoms with van der Waals surface area (Å²) < 4.78 is 0. The van der Waals surface area contributed by atoms with Crippen LogP contribution in [0.4, 0.5) is 11.5 Å². The van der Waals surface area contributed by atoms with Gasteiger partial charge in [0.2, 0.25) is 0 Å². The van der Waals surface area contributed by atoms with Crippen molar-refractivity contribution in [3.63, 3.8) is 0 Å². The van der Waals surface area contributed by atoms with E-state index in [1.165, 1.54) is 0 Å². The Morgan fingerprint density at radius 3 is 2.75 bits per heavy atom. The van der Waals surface area contributed by atoms with E-state index >= 15 is 0 Å². The highest BCUT2D eigenvalue weighted by Crippen LogP contribution is 2.21. The number of amides is 1. The number of carbonyl (C=O) groups is 1. The van der Waals surface area contributed by atoms with Gasteiger partial charge in [-0.2, -0.15) is 0 Å². The Kier molecular flexibility index (Phi) is 4.55. The van der Waals surface area contributed by atoms with Gasteiger partial charge < -0.3 is 10.7 Å². The van der Waals surface area contributed by atoms with E-state index in [0.29, 0.717) is 28.5 Å². The molecule has 0 spiro atoms. The first kappa shape index (κ1) is 14.3. The van der Waals surface area contributed by atoms with Crippen molar-refractivity contribution in [3.05, 3.63) is 52.7 Å². The van der Waals surface area contributed by atoms with Crippen molar-refractivity contribution >= 4 is 29.0 Å². The largest absolute Gasteiger partial charge is 0.321 e. The SMILES string of the molecule is CCc1cc(C(=O)Nc2ccccc2Cl)cc(NN)n1. The molecule has 0 radical (unpaired) electrons. The number of halogens is 1. The third-order valence-electron chi connectivity index (χ3n) is 2.77. The molecule has 104 valence electrons. The number of para-hydroxylation sites is 1. The van der Waals surface area contributed by atoms with E-state index in [1.807, 2.05) is 6.92 Å². The third-order valence-corrected chi connectivity index (χ3v) is 3.10. The number of nitrogens with one attached hydrogen (secondary N) is 2. The molecule has 20 heavy (non-hydrogen) atoms. The molecule has 0 saturated carbocycles. The van der Waals surface area contributed by atoms with Gasteiger partial charge in [-0.25, -0.2) is 10.8 Å². The molecule has 0 bridgehead atoms. The average molecular weight is 291 g/mol. The van der Waals surface area contributed by atoms with Gasteiger partial charge in [-0.15, -0.1) is 0 Å². The number of hydrogen-bond acceptors (Lipinski definition) is 4. The molecule has 0 saturated heterocycles. The summed E-state index contributed by atoms with van der Waals surface area (Å²) in [6.07, 6.45) is 0.710. The highest BCUT2D eigenvalue weighted by molar-refractivity contribution is 6.33. The lowest BCUT2D eigenvalue weighted by Crippen LogP contribution is -2.15. The summed E-state index contributed by atoms with van der Waals surface area (Å²) in [6, 6.07) is 10.4. The van der Waals surface area contributed by atoms with Crippen LogP contribution in [0.2, 0.25) is 5.02 Å². The summed E-state index contributed by atoms with van der Waals surface area (Å²) in [7, 11) is 0. The fraction of sp³-hybridized carbons (Fsp3) is 0.143. The Morgan fingerprint density at radius 2 is 2.10 bits per heavy atom. The summed E-state index contributed by atoms with van der Waals surface area (Å²) in [6.45, 7) is 1.96. The van der Waals surface area contributed by atoms with Crippen molar-refractivity contribution in [2.75, 3.05) is 10.7 Å². The molecule has 0 aliphatic heterocycles. The Hall–Kier alpha value is -2.11. The van der Waals surface area contributed by atoms with Crippen molar-refractivity contribution in [2.24, 2.45) is 5.84 Å². The molecule has 0 aliphatic carbocycles. The highest BCUT2D eigenvalue weighted by atomic mass is 35.5. The molecular weight excluding hydrogens is 276 g/mol. The van der Waals surface area contributed by atoms with Crippen LogP contribution in [-0.2, 0) is 6.42 Å². The highest BCUT2D eigenvalue weighted by Gasteiger charge is 2.11. The van der Waals surface area contributed by atoms with Crippen molar-refractivity contribution in [2.45, 2.75) is 13.3 Å².